The highest BCUT2D eigenvalue weighted by Gasteiger charge is 2.05. The lowest BCUT2D eigenvalue weighted by molar-refractivity contribution is -0.114. The highest BCUT2D eigenvalue weighted by Crippen LogP contribution is 2.17. The number of imidazole rings is 1. The number of aromatic nitrogens is 2. The highest BCUT2D eigenvalue weighted by atomic mass is 19.1. The molecule has 0 saturated heterocycles. The first-order valence-electron chi connectivity index (χ1n) is 4.72. The summed E-state index contributed by atoms with van der Waals surface area (Å²) >= 11 is 0. The normalized spacial score (nSPS) is 10.1. The summed E-state index contributed by atoms with van der Waals surface area (Å²) in [7, 11) is 0. The van der Waals surface area contributed by atoms with Crippen LogP contribution in [-0.4, -0.2) is 15.5 Å². The molecule has 1 aromatic heterocycles. The summed E-state index contributed by atoms with van der Waals surface area (Å²) < 4.78 is 15.2. The van der Waals surface area contributed by atoms with Crippen LogP contribution in [0.4, 0.5) is 10.1 Å². The van der Waals surface area contributed by atoms with Crippen LogP contribution < -0.4 is 5.32 Å². The largest absolute Gasteiger partial charge is 0.326 e. The Morgan fingerprint density at radius 1 is 1.50 bits per heavy atom. The van der Waals surface area contributed by atoms with Crippen LogP contribution in [0.5, 0.6) is 0 Å². The lowest BCUT2D eigenvalue weighted by atomic mass is 10.2. The fourth-order valence-corrected chi connectivity index (χ4v) is 1.40. The van der Waals surface area contributed by atoms with Crippen LogP contribution >= 0.6 is 0 Å². The predicted molar refractivity (Wildman–Crippen MR) is 57.8 cm³/mol. The van der Waals surface area contributed by atoms with E-state index in [1.165, 1.54) is 19.3 Å². The molecule has 2 aromatic rings. The van der Waals surface area contributed by atoms with E-state index in [4.69, 9.17) is 0 Å². The Bertz CT molecular complexity index is 508. The van der Waals surface area contributed by atoms with Crippen LogP contribution in [0, 0.1) is 5.82 Å². The Labute approximate surface area is 91.7 Å². The quantitative estimate of drug-likeness (QED) is 0.839. The lowest BCUT2D eigenvalue weighted by Crippen LogP contribution is -2.06. The summed E-state index contributed by atoms with van der Waals surface area (Å²) in [6.07, 6.45) is 4.73. The maximum atomic E-state index is 13.7. The minimum Gasteiger partial charge on any atom is -0.326 e. The second kappa shape index (κ2) is 4.14. The number of nitrogens with zero attached hydrogens (tertiary/aromatic N) is 2. The van der Waals surface area contributed by atoms with Crippen molar-refractivity contribution in [2.45, 2.75) is 6.92 Å². The van der Waals surface area contributed by atoms with Crippen LogP contribution in [0.3, 0.4) is 0 Å². The second-order valence-corrected chi connectivity index (χ2v) is 3.32. The number of anilines is 1. The van der Waals surface area contributed by atoms with E-state index in [2.05, 4.69) is 10.3 Å². The summed E-state index contributed by atoms with van der Waals surface area (Å²) in [5.41, 5.74) is 0.834. The summed E-state index contributed by atoms with van der Waals surface area (Å²) in [5.74, 6) is -0.640. The minimum absolute atomic E-state index is 0.227. The third-order valence-corrected chi connectivity index (χ3v) is 2.05. The molecule has 1 heterocycles. The van der Waals surface area contributed by atoms with Gasteiger partial charge in [-0.2, -0.15) is 0 Å². The molecule has 0 unspecified atom stereocenters. The highest BCUT2D eigenvalue weighted by molar-refractivity contribution is 5.88. The third kappa shape index (κ3) is 2.08. The number of amides is 1. The van der Waals surface area contributed by atoms with E-state index in [1.807, 2.05) is 0 Å². The van der Waals surface area contributed by atoms with Crippen molar-refractivity contribution in [1.82, 2.24) is 9.55 Å². The van der Waals surface area contributed by atoms with E-state index < -0.39 is 5.82 Å². The Hall–Kier alpha value is -2.17. The molecule has 2 rings (SSSR count). The Morgan fingerprint density at radius 3 is 2.88 bits per heavy atom. The van der Waals surface area contributed by atoms with Gasteiger partial charge in [-0.05, 0) is 18.2 Å². The van der Waals surface area contributed by atoms with Gasteiger partial charge in [0.25, 0.3) is 0 Å². The van der Waals surface area contributed by atoms with Crippen LogP contribution in [0.25, 0.3) is 5.69 Å². The van der Waals surface area contributed by atoms with Crippen molar-refractivity contribution < 1.29 is 9.18 Å². The Kier molecular flexibility index (Phi) is 2.68. The summed E-state index contributed by atoms with van der Waals surface area (Å²) in [4.78, 5) is 14.6. The fraction of sp³-hybridized carbons (Fsp3) is 0.0909. The zero-order valence-electron chi connectivity index (χ0n) is 8.64. The molecule has 0 saturated carbocycles. The Morgan fingerprint density at radius 2 is 2.31 bits per heavy atom. The van der Waals surface area contributed by atoms with E-state index in [0.717, 1.165) is 0 Å². The van der Waals surface area contributed by atoms with Crippen molar-refractivity contribution in [3.63, 3.8) is 0 Å². The van der Waals surface area contributed by atoms with Gasteiger partial charge in [-0.1, -0.05) is 0 Å². The maximum absolute atomic E-state index is 13.7. The predicted octanol–water partition coefficient (Wildman–Crippen LogP) is 1.97. The van der Waals surface area contributed by atoms with E-state index in [-0.39, 0.29) is 5.91 Å². The van der Waals surface area contributed by atoms with Gasteiger partial charge in [0.1, 0.15) is 5.82 Å². The van der Waals surface area contributed by atoms with Gasteiger partial charge in [-0.25, -0.2) is 9.37 Å². The van der Waals surface area contributed by atoms with E-state index in [1.54, 1.807) is 29.1 Å². The molecule has 4 nitrogen and oxygen atoms in total. The van der Waals surface area contributed by atoms with Gasteiger partial charge in [0.15, 0.2) is 0 Å². The monoisotopic (exact) mass is 219 g/mol. The summed E-state index contributed by atoms with van der Waals surface area (Å²) in [5, 5.41) is 2.51. The minimum atomic E-state index is -0.413. The number of halogens is 1. The molecule has 0 radical (unpaired) electrons. The standard InChI is InChI=1S/C11H10FN3O/c1-8(16)14-9-2-3-11(10(12)6-9)15-5-4-13-7-15/h2-7H,1H3,(H,14,16). The number of hydrogen-bond donors (Lipinski definition) is 1. The van der Waals surface area contributed by atoms with Crippen molar-refractivity contribution in [2.75, 3.05) is 5.32 Å². The van der Waals surface area contributed by atoms with Crippen molar-refractivity contribution >= 4 is 11.6 Å². The zero-order chi connectivity index (χ0) is 11.5. The van der Waals surface area contributed by atoms with Crippen LogP contribution in [0.2, 0.25) is 0 Å². The van der Waals surface area contributed by atoms with E-state index in [0.29, 0.717) is 11.4 Å². The van der Waals surface area contributed by atoms with Gasteiger partial charge in [-0.15, -0.1) is 0 Å². The summed E-state index contributed by atoms with van der Waals surface area (Å²) in [6, 6.07) is 4.50. The SMILES string of the molecule is CC(=O)Nc1ccc(-n2ccnc2)c(F)c1. The molecule has 16 heavy (non-hydrogen) atoms. The van der Waals surface area contributed by atoms with E-state index >= 15 is 0 Å². The molecule has 0 aliphatic heterocycles. The molecular weight excluding hydrogens is 209 g/mol. The molecule has 1 amide bonds. The number of benzene rings is 1. The van der Waals surface area contributed by atoms with Crippen molar-refractivity contribution in [3.8, 4) is 5.69 Å². The first-order valence-corrected chi connectivity index (χ1v) is 4.72. The molecule has 82 valence electrons. The number of rotatable bonds is 2. The second-order valence-electron chi connectivity index (χ2n) is 3.32. The average Bonchev–Trinajstić information content (AvgIpc) is 2.69. The molecule has 1 aromatic carbocycles. The van der Waals surface area contributed by atoms with Crippen molar-refractivity contribution in [3.05, 3.63) is 42.7 Å². The van der Waals surface area contributed by atoms with Gasteiger partial charge in [0.2, 0.25) is 5.91 Å². The maximum Gasteiger partial charge on any atom is 0.221 e. The van der Waals surface area contributed by atoms with Crippen LogP contribution in [0.1, 0.15) is 6.92 Å². The lowest BCUT2D eigenvalue weighted by Gasteiger charge is -2.06. The molecule has 0 spiro atoms. The number of nitrogens with one attached hydrogen (secondary N) is 1. The first kappa shape index (κ1) is 10.4. The van der Waals surface area contributed by atoms with E-state index in [9.17, 15) is 9.18 Å². The number of carbonyl (C=O) groups excluding carboxylic acids is 1. The summed E-state index contributed by atoms with van der Waals surface area (Å²) in [6.45, 7) is 1.38. The topological polar surface area (TPSA) is 46.9 Å². The Balaban J connectivity index is 2.34. The average molecular weight is 219 g/mol. The van der Waals surface area contributed by atoms with Crippen LogP contribution in [0.15, 0.2) is 36.9 Å². The van der Waals surface area contributed by atoms with Gasteiger partial charge in [-0.3, -0.25) is 4.79 Å². The van der Waals surface area contributed by atoms with Gasteiger partial charge in [0, 0.05) is 25.0 Å². The van der Waals surface area contributed by atoms with Gasteiger partial charge < -0.3 is 9.88 Å². The molecule has 5 heteroatoms. The molecule has 0 fully saturated rings. The van der Waals surface area contributed by atoms with Crippen LogP contribution in [-0.2, 0) is 4.79 Å². The molecular formula is C11H10FN3O. The van der Waals surface area contributed by atoms with Gasteiger partial charge in [0.05, 0.1) is 12.0 Å². The third-order valence-electron chi connectivity index (χ3n) is 2.05. The van der Waals surface area contributed by atoms with Gasteiger partial charge >= 0.3 is 0 Å². The molecule has 0 aliphatic rings. The van der Waals surface area contributed by atoms with Crippen molar-refractivity contribution in [2.24, 2.45) is 0 Å². The number of carbonyl (C=O) groups is 1. The molecule has 0 atom stereocenters. The fourth-order valence-electron chi connectivity index (χ4n) is 1.40. The molecule has 0 bridgehead atoms. The first-order chi connectivity index (χ1) is 7.66. The smallest absolute Gasteiger partial charge is 0.221 e. The molecule has 1 N–H and O–H groups in total. The zero-order valence-corrected chi connectivity index (χ0v) is 8.64. The van der Waals surface area contributed by atoms with Crippen molar-refractivity contribution in [1.29, 1.82) is 0 Å². The number of hydrogen-bond acceptors (Lipinski definition) is 2. The molecule has 0 aliphatic carbocycles.